The molecule has 7 rings (SSSR count). The van der Waals surface area contributed by atoms with E-state index in [0.717, 1.165) is 84.6 Å². The van der Waals surface area contributed by atoms with Gasteiger partial charge in [0.1, 0.15) is 22.2 Å². The van der Waals surface area contributed by atoms with E-state index >= 15 is 0 Å². The summed E-state index contributed by atoms with van der Waals surface area (Å²) in [5, 5.41) is 10.9. The van der Waals surface area contributed by atoms with Crippen molar-refractivity contribution in [1.82, 2.24) is 24.9 Å². The maximum absolute atomic E-state index is 9.50. The van der Waals surface area contributed by atoms with Crippen LogP contribution >= 0.6 is 36.9 Å². The first kappa shape index (κ1) is 28.4. The summed E-state index contributed by atoms with van der Waals surface area (Å²) in [5.41, 5.74) is 10.5. The van der Waals surface area contributed by atoms with Crippen LogP contribution in [0.3, 0.4) is 0 Å². The van der Waals surface area contributed by atoms with Gasteiger partial charge >= 0.3 is 0 Å². The summed E-state index contributed by atoms with van der Waals surface area (Å²) in [6.07, 6.45) is 9.38. The monoisotopic (exact) mass is 608 g/mol. The molecule has 2 saturated heterocycles. The van der Waals surface area contributed by atoms with Gasteiger partial charge in [0.15, 0.2) is 5.65 Å². The number of pyridine rings is 3. The molecule has 2 aliphatic heterocycles. The number of halogens is 1. The number of nitrogens with two attached hydrogens (primary N) is 1. The van der Waals surface area contributed by atoms with Crippen molar-refractivity contribution in [3.63, 3.8) is 0 Å². The molecule has 3 N–H and O–H groups in total. The Morgan fingerprint density at radius 2 is 1.88 bits per heavy atom. The highest BCUT2D eigenvalue weighted by Gasteiger charge is 2.46. The van der Waals surface area contributed by atoms with E-state index in [1.807, 2.05) is 36.7 Å². The Labute approximate surface area is 255 Å². The van der Waals surface area contributed by atoms with E-state index in [1.54, 1.807) is 6.20 Å². The quantitative estimate of drug-likeness (QED) is 0.338. The lowest BCUT2D eigenvalue weighted by Crippen LogP contribution is -2.44. The van der Waals surface area contributed by atoms with Crippen LogP contribution in [-0.4, -0.2) is 62.8 Å². The van der Waals surface area contributed by atoms with E-state index in [1.165, 1.54) is 17.3 Å². The first-order chi connectivity index (χ1) is 19.5. The normalized spacial score (nSPS) is 21.3. The molecule has 9 nitrogen and oxygen atoms in total. The average Bonchev–Trinajstić information content (AvgIpc) is 3.57. The molecule has 0 aromatic carbocycles. The van der Waals surface area contributed by atoms with E-state index in [9.17, 15) is 5.11 Å². The minimum absolute atomic E-state index is 0. The summed E-state index contributed by atoms with van der Waals surface area (Å²) >= 11 is 8.27. The highest BCUT2D eigenvalue weighted by Crippen LogP contribution is 2.50. The number of fused-ring (bicyclic) bond motifs is 2. The van der Waals surface area contributed by atoms with Crippen molar-refractivity contribution in [3.05, 3.63) is 65.2 Å². The molecule has 1 spiro atoms. The number of nitrogens with zero attached hydrogens (tertiary/aromatic N) is 7. The molecule has 2 fully saturated rings. The molecule has 214 valence electrons. The van der Waals surface area contributed by atoms with Crippen molar-refractivity contribution in [1.29, 1.82) is 0 Å². The summed E-state index contributed by atoms with van der Waals surface area (Å²) < 4.78 is 0. The summed E-state index contributed by atoms with van der Waals surface area (Å²) in [6.45, 7) is 3.57. The van der Waals surface area contributed by atoms with Gasteiger partial charge < -0.3 is 20.6 Å². The Kier molecular flexibility index (Phi) is 7.99. The Bertz CT molecular complexity index is 1570. The van der Waals surface area contributed by atoms with Gasteiger partial charge in [-0.25, -0.2) is 19.9 Å². The predicted molar refractivity (Wildman–Crippen MR) is 167 cm³/mol. The maximum Gasteiger partial charge on any atom is 0.179 e. The molecule has 6 heterocycles. The second-order valence-corrected chi connectivity index (χ2v) is 12.5. The number of rotatable bonds is 5. The van der Waals surface area contributed by atoms with Gasteiger partial charge in [-0.05, 0) is 60.9 Å². The van der Waals surface area contributed by atoms with E-state index in [4.69, 9.17) is 27.3 Å². The molecule has 12 heteroatoms. The van der Waals surface area contributed by atoms with Crippen molar-refractivity contribution >= 4 is 59.7 Å². The van der Waals surface area contributed by atoms with Gasteiger partial charge in [0.2, 0.25) is 0 Å². The lowest BCUT2D eigenvalue weighted by atomic mass is 9.73. The number of piperidine rings is 1. The fraction of sp³-hybridized carbons (Fsp3) is 0.414. The number of hydrogen-bond acceptors (Lipinski definition) is 10. The number of hydrogen-bond donors (Lipinski definition) is 2. The number of aromatic nitrogens is 5. The second kappa shape index (κ2) is 11.5. The Morgan fingerprint density at radius 1 is 1.02 bits per heavy atom. The van der Waals surface area contributed by atoms with Crippen LogP contribution in [0.5, 0.6) is 0 Å². The Balaban J connectivity index is 0.00000302. The molecule has 41 heavy (non-hydrogen) atoms. The molecule has 0 amide bonds. The molecule has 0 unspecified atom stereocenters. The summed E-state index contributed by atoms with van der Waals surface area (Å²) in [7, 11) is 0. The van der Waals surface area contributed by atoms with Gasteiger partial charge in [0.05, 0.1) is 11.2 Å². The maximum atomic E-state index is 9.50. The van der Waals surface area contributed by atoms with Crippen molar-refractivity contribution in [3.8, 4) is 0 Å². The van der Waals surface area contributed by atoms with Gasteiger partial charge in [-0.2, -0.15) is 13.5 Å². The van der Waals surface area contributed by atoms with E-state index in [2.05, 4.69) is 30.8 Å². The minimum Gasteiger partial charge on any atom is -0.396 e. The minimum atomic E-state index is 0. The van der Waals surface area contributed by atoms with Crippen molar-refractivity contribution < 1.29 is 5.11 Å². The van der Waals surface area contributed by atoms with Crippen molar-refractivity contribution in [2.45, 2.75) is 41.6 Å². The van der Waals surface area contributed by atoms with E-state index in [-0.39, 0.29) is 37.5 Å². The lowest BCUT2D eigenvalue weighted by Gasteiger charge is -2.42. The van der Waals surface area contributed by atoms with Crippen molar-refractivity contribution in [2.75, 3.05) is 42.6 Å². The summed E-state index contributed by atoms with van der Waals surface area (Å²) in [5.74, 6) is 1.90. The third-order valence-electron chi connectivity index (χ3n) is 8.78. The lowest BCUT2D eigenvalue weighted by molar-refractivity contribution is 0.186. The second-order valence-electron chi connectivity index (χ2n) is 11.1. The fourth-order valence-electron chi connectivity index (χ4n) is 6.41. The van der Waals surface area contributed by atoms with Gasteiger partial charge in [-0.3, -0.25) is 4.98 Å². The molecule has 3 aliphatic rings. The van der Waals surface area contributed by atoms with Gasteiger partial charge in [-0.15, -0.1) is 0 Å². The predicted octanol–water partition coefficient (Wildman–Crippen LogP) is 4.39. The third kappa shape index (κ3) is 5.23. The molecule has 1 aliphatic carbocycles. The molecule has 4 aromatic rings. The topological polar surface area (TPSA) is 117 Å². The number of anilines is 2. The van der Waals surface area contributed by atoms with Crippen molar-refractivity contribution in [2.24, 2.45) is 17.1 Å². The van der Waals surface area contributed by atoms with Crippen LogP contribution in [0.15, 0.2) is 58.8 Å². The first-order valence-electron chi connectivity index (χ1n) is 13.8. The molecule has 0 radical (unpaired) electrons. The first-order valence-corrected chi connectivity index (χ1v) is 15.0. The van der Waals surface area contributed by atoms with Gasteiger partial charge in [0, 0.05) is 67.7 Å². The molecule has 4 aromatic heterocycles. The van der Waals surface area contributed by atoms with E-state index in [0.29, 0.717) is 10.7 Å². The highest BCUT2D eigenvalue weighted by atomic mass is 35.5. The third-order valence-corrected chi connectivity index (χ3v) is 10.3. The average molecular weight is 609 g/mol. The van der Waals surface area contributed by atoms with Crippen LogP contribution < -0.4 is 15.5 Å². The zero-order valence-corrected chi connectivity index (χ0v) is 25.2. The van der Waals surface area contributed by atoms with Gasteiger partial charge in [0.25, 0.3) is 0 Å². The van der Waals surface area contributed by atoms with Crippen LogP contribution in [0.25, 0.3) is 11.2 Å². The number of aliphatic hydroxyl groups is 1. The van der Waals surface area contributed by atoms with Gasteiger partial charge in [-0.1, -0.05) is 29.4 Å². The van der Waals surface area contributed by atoms with Crippen LogP contribution in [0.4, 0.5) is 11.6 Å². The molecule has 2 atom stereocenters. The zero-order chi connectivity index (χ0) is 27.3. The SMILES string of the molecule is N[C@@H]1c2cccnc2CC12CCN(c1cnc3nc(Sc4ccnc(N5CC[C@H](CO)C5)c4Cl)ccc3n1)CC2.S. The summed E-state index contributed by atoms with van der Waals surface area (Å²) in [4.78, 5) is 28.8. The van der Waals surface area contributed by atoms with Crippen LogP contribution in [0.1, 0.15) is 36.6 Å². The number of aliphatic hydroxyl groups excluding tert-OH is 1. The Hall–Kier alpha value is -2.70. The Morgan fingerprint density at radius 3 is 2.66 bits per heavy atom. The van der Waals surface area contributed by atoms with Crippen LogP contribution in [0, 0.1) is 11.3 Å². The molecule has 0 bridgehead atoms. The van der Waals surface area contributed by atoms with Crippen LogP contribution in [0.2, 0.25) is 5.02 Å². The van der Waals surface area contributed by atoms with Crippen LogP contribution in [-0.2, 0) is 6.42 Å². The molecular formula is C29H33ClN8OS2. The van der Waals surface area contributed by atoms with E-state index < -0.39 is 0 Å². The molecular weight excluding hydrogens is 576 g/mol. The fourth-order valence-corrected chi connectivity index (χ4v) is 7.56. The zero-order valence-electron chi connectivity index (χ0n) is 22.6. The highest BCUT2D eigenvalue weighted by molar-refractivity contribution is 7.99. The summed E-state index contributed by atoms with van der Waals surface area (Å²) in [6, 6.07) is 10.0. The largest absolute Gasteiger partial charge is 0.396 e. The standard InChI is InChI=1S/C29H31ClN8OS.H2S/c30-25-22(5-10-33-28(25)38-11-6-18(16-38)17-39)40-24-4-3-20-27(36-24)34-15-23(35-20)37-12-7-29(8-13-37)14-21-19(26(29)31)2-1-9-32-21;/h1-5,9-10,15,18,26,39H,6-8,11-14,16-17,31H2;1H2/t18-,26+;/m0./s1. The molecule has 0 saturated carbocycles. The smallest absolute Gasteiger partial charge is 0.179 e.